The first-order chi connectivity index (χ1) is 9.25. The number of nitrogens with one attached hydrogen (secondary N) is 1. The second kappa shape index (κ2) is 7.26. The van der Waals surface area contributed by atoms with Crippen LogP contribution in [-0.2, 0) is 6.54 Å². The number of hydrogen-bond acceptors (Lipinski definition) is 2. The highest BCUT2D eigenvalue weighted by molar-refractivity contribution is 7.99. The van der Waals surface area contributed by atoms with Crippen LogP contribution in [0.2, 0.25) is 0 Å². The van der Waals surface area contributed by atoms with Crippen LogP contribution in [0.4, 0.5) is 8.78 Å². The first-order valence-corrected chi connectivity index (χ1v) is 7.07. The molecule has 0 aromatic heterocycles. The number of benzene rings is 2. The average Bonchev–Trinajstić information content (AvgIpc) is 2.43. The Morgan fingerprint density at radius 2 is 1.74 bits per heavy atom. The van der Waals surface area contributed by atoms with E-state index in [4.69, 9.17) is 0 Å². The SMILES string of the molecule is Fc1ccc(SCCNCc2ccccc2)cc1F. The standard InChI is InChI=1S/C15H15F2NS/c16-14-7-6-13(10-15(14)17)19-9-8-18-11-12-4-2-1-3-5-12/h1-7,10,18H,8-9,11H2. The molecule has 0 fully saturated rings. The Balaban J connectivity index is 1.68. The van der Waals surface area contributed by atoms with Crippen molar-refractivity contribution in [1.29, 1.82) is 0 Å². The van der Waals surface area contributed by atoms with Crippen molar-refractivity contribution >= 4 is 11.8 Å². The molecular weight excluding hydrogens is 264 g/mol. The Labute approximate surface area is 116 Å². The zero-order valence-corrected chi connectivity index (χ0v) is 11.2. The third kappa shape index (κ3) is 4.65. The molecule has 2 aromatic carbocycles. The summed E-state index contributed by atoms with van der Waals surface area (Å²) < 4.78 is 25.7. The number of halogens is 2. The summed E-state index contributed by atoms with van der Waals surface area (Å²) in [6.07, 6.45) is 0. The molecule has 2 rings (SSSR count). The first-order valence-electron chi connectivity index (χ1n) is 6.08. The summed E-state index contributed by atoms with van der Waals surface area (Å²) in [4.78, 5) is 0.750. The normalized spacial score (nSPS) is 10.6. The second-order valence-corrected chi connectivity index (χ2v) is 5.26. The smallest absolute Gasteiger partial charge is 0.159 e. The van der Waals surface area contributed by atoms with E-state index in [0.717, 1.165) is 29.8 Å². The molecule has 0 unspecified atom stereocenters. The molecule has 0 saturated heterocycles. The van der Waals surface area contributed by atoms with Crippen LogP contribution in [0.1, 0.15) is 5.56 Å². The maximum Gasteiger partial charge on any atom is 0.159 e. The van der Waals surface area contributed by atoms with Gasteiger partial charge in [0.1, 0.15) is 0 Å². The fourth-order valence-electron chi connectivity index (χ4n) is 1.64. The van der Waals surface area contributed by atoms with E-state index in [0.29, 0.717) is 0 Å². The predicted molar refractivity (Wildman–Crippen MR) is 75.2 cm³/mol. The molecule has 0 amide bonds. The van der Waals surface area contributed by atoms with E-state index < -0.39 is 11.6 Å². The van der Waals surface area contributed by atoms with Gasteiger partial charge in [0.25, 0.3) is 0 Å². The summed E-state index contributed by atoms with van der Waals surface area (Å²) in [5.41, 5.74) is 1.24. The Hall–Kier alpha value is -1.39. The molecule has 0 aliphatic carbocycles. The van der Waals surface area contributed by atoms with Crippen molar-refractivity contribution in [2.75, 3.05) is 12.3 Å². The maximum absolute atomic E-state index is 13.0. The Bertz CT molecular complexity index is 517. The van der Waals surface area contributed by atoms with Crippen molar-refractivity contribution in [3.63, 3.8) is 0 Å². The average molecular weight is 279 g/mol. The van der Waals surface area contributed by atoms with Gasteiger partial charge in [0, 0.05) is 23.7 Å². The molecule has 4 heteroatoms. The molecule has 0 heterocycles. The summed E-state index contributed by atoms with van der Waals surface area (Å²) >= 11 is 1.51. The summed E-state index contributed by atoms with van der Waals surface area (Å²) in [5.74, 6) is -0.772. The van der Waals surface area contributed by atoms with Crippen molar-refractivity contribution in [1.82, 2.24) is 5.32 Å². The molecule has 0 aliphatic heterocycles. The second-order valence-electron chi connectivity index (χ2n) is 4.09. The van der Waals surface area contributed by atoms with E-state index in [-0.39, 0.29) is 0 Å². The number of hydrogen-bond donors (Lipinski definition) is 1. The first kappa shape index (κ1) is 14.0. The highest BCUT2D eigenvalue weighted by Gasteiger charge is 2.02. The van der Waals surface area contributed by atoms with Gasteiger partial charge >= 0.3 is 0 Å². The number of rotatable bonds is 6. The maximum atomic E-state index is 13.0. The van der Waals surface area contributed by atoms with Gasteiger partial charge in [-0.1, -0.05) is 30.3 Å². The molecule has 0 radical (unpaired) electrons. The third-order valence-electron chi connectivity index (χ3n) is 2.61. The van der Waals surface area contributed by atoms with E-state index in [2.05, 4.69) is 17.4 Å². The molecular formula is C15H15F2NS. The highest BCUT2D eigenvalue weighted by Crippen LogP contribution is 2.19. The number of thioether (sulfide) groups is 1. The van der Waals surface area contributed by atoms with Crippen molar-refractivity contribution in [2.45, 2.75) is 11.4 Å². The van der Waals surface area contributed by atoms with Crippen LogP contribution in [0, 0.1) is 11.6 Å². The van der Waals surface area contributed by atoms with E-state index in [1.54, 1.807) is 6.07 Å². The Morgan fingerprint density at radius 3 is 2.47 bits per heavy atom. The fourth-order valence-corrected chi connectivity index (χ4v) is 2.47. The van der Waals surface area contributed by atoms with Gasteiger partial charge < -0.3 is 5.32 Å². The van der Waals surface area contributed by atoms with Gasteiger partial charge in [-0.3, -0.25) is 0 Å². The van der Waals surface area contributed by atoms with Crippen LogP contribution in [0.5, 0.6) is 0 Å². The molecule has 2 aromatic rings. The summed E-state index contributed by atoms with van der Waals surface area (Å²) in [7, 11) is 0. The largest absolute Gasteiger partial charge is 0.312 e. The summed E-state index contributed by atoms with van der Waals surface area (Å²) in [5, 5.41) is 3.31. The van der Waals surface area contributed by atoms with Gasteiger partial charge in [-0.05, 0) is 23.8 Å². The van der Waals surface area contributed by atoms with Crippen LogP contribution in [-0.4, -0.2) is 12.3 Å². The Kier molecular flexibility index (Phi) is 5.36. The van der Waals surface area contributed by atoms with Crippen LogP contribution in [0.15, 0.2) is 53.4 Å². The van der Waals surface area contributed by atoms with E-state index in [1.165, 1.54) is 23.4 Å². The molecule has 19 heavy (non-hydrogen) atoms. The van der Waals surface area contributed by atoms with Gasteiger partial charge in [0.05, 0.1) is 0 Å². The zero-order chi connectivity index (χ0) is 13.5. The monoisotopic (exact) mass is 279 g/mol. The van der Waals surface area contributed by atoms with Crippen LogP contribution >= 0.6 is 11.8 Å². The summed E-state index contributed by atoms with van der Waals surface area (Å²) in [6.45, 7) is 1.64. The molecule has 0 aliphatic rings. The fraction of sp³-hybridized carbons (Fsp3) is 0.200. The van der Waals surface area contributed by atoms with Crippen molar-refractivity contribution < 1.29 is 8.78 Å². The minimum absolute atomic E-state index is 0.750. The van der Waals surface area contributed by atoms with Gasteiger partial charge in [-0.15, -0.1) is 11.8 Å². The predicted octanol–water partition coefficient (Wildman–Crippen LogP) is 3.85. The van der Waals surface area contributed by atoms with Gasteiger partial charge in [-0.2, -0.15) is 0 Å². The van der Waals surface area contributed by atoms with Crippen molar-refractivity contribution in [3.8, 4) is 0 Å². The molecule has 0 saturated carbocycles. The quantitative estimate of drug-likeness (QED) is 0.637. The van der Waals surface area contributed by atoms with Crippen LogP contribution in [0.3, 0.4) is 0 Å². The minimum Gasteiger partial charge on any atom is -0.312 e. The van der Waals surface area contributed by atoms with Crippen LogP contribution < -0.4 is 5.32 Å². The molecule has 0 atom stereocenters. The lowest BCUT2D eigenvalue weighted by molar-refractivity contribution is 0.506. The lowest BCUT2D eigenvalue weighted by atomic mass is 10.2. The van der Waals surface area contributed by atoms with Gasteiger partial charge in [0.2, 0.25) is 0 Å². The lowest BCUT2D eigenvalue weighted by Gasteiger charge is -2.05. The highest BCUT2D eigenvalue weighted by atomic mass is 32.2. The van der Waals surface area contributed by atoms with E-state index in [1.807, 2.05) is 18.2 Å². The van der Waals surface area contributed by atoms with Gasteiger partial charge in [-0.25, -0.2) is 8.78 Å². The topological polar surface area (TPSA) is 12.0 Å². The molecule has 0 bridgehead atoms. The van der Waals surface area contributed by atoms with Gasteiger partial charge in [0.15, 0.2) is 11.6 Å². The van der Waals surface area contributed by atoms with Crippen molar-refractivity contribution in [2.24, 2.45) is 0 Å². The zero-order valence-electron chi connectivity index (χ0n) is 10.4. The van der Waals surface area contributed by atoms with E-state index in [9.17, 15) is 8.78 Å². The molecule has 1 nitrogen and oxygen atoms in total. The van der Waals surface area contributed by atoms with E-state index >= 15 is 0 Å². The summed E-state index contributed by atoms with van der Waals surface area (Å²) in [6, 6.07) is 14.1. The van der Waals surface area contributed by atoms with Crippen LogP contribution in [0.25, 0.3) is 0 Å². The molecule has 1 N–H and O–H groups in total. The Morgan fingerprint density at radius 1 is 0.947 bits per heavy atom. The molecule has 0 spiro atoms. The lowest BCUT2D eigenvalue weighted by Crippen LogP contribution is -2.16. The third-order valence-corrected chi connectivity index (χ3v) is 3.61. The van der Waals surface area contributed by atoms with Crippen molar-refractivity contribution in [3.05, 3.63) is 65.7 Å². The molecule has 100 valence electrons. The minimum atomic E-state index is -0.799.